The van der Waals surface area contributed by atoms with E-state index in [2.05, 4.69) is 9.97 Å². The van der Waals surface area contributed by atoms with Crippen molar-refractivity contribution in [2.45, 2.75) is 13.5 Å². The molecule has 0 fully saturated rings. The van der Waals surface area contributed by atoms with Crippen LogP contribution in [0.5, 0.6) is 0 Å². The minimum atomic E-state index is -0.0293. The van der Waals surface area contributed by atoms with Gasteiger partial charge in [0.15, 0.2) is 0 Å². The van der Waals surface area contributed by atoms with Crippen molar-refractivity contribution in [3.05, 3.63) is 42.1 Å². The number of pyridine rings is 1. The number of carbonyl (C=O) groups is 1. The van der Waals surface area contributed by atoms with E-state index >= 15 is 0 Å². The van der Waals surface area contributed by atoms with Gasteiger partial charge in [-0.05, 0) is 19.1 Å². The molecule has 21 heavy (non-hydrogen) atoms. The predicted molar refractivity (Wildman–Crippen MR) is 82.2 cm³/mol. The molecular weight excluding hydrogens is 266 g/mol. The van der Waals surface area contributed by atoms with Crippen molar-refractivity contribution in [1.82, 2.24) is 19.4 Å². The molecule has 0 radical (unpaired) electrons. The van der Waals surface area contributed by atoms with Crippen LogP contribution in [0.4, 0.5) is 5.82 Å². The number of imidazole rings is 1. The van der Waals surface area contributed by atoms with Gasteiger partial charge >= 0.3 is 0 Å². The minimum Gasteiger partial charge on any atom is -0.363 e. The Morgan fingerprint density at radius 1 is 1.29 bits per heavy atom. The molecule has 112 valence electrons. The molecule has 0 spiro atoms. The van der Waals surface area contributed by atoms with Crippen LogP contribution in [0.15, 0.2) is 30.7 Å². The third-order valence-electron chi connectivity index (χ3n) is 3.38. The van der Waals surface area contributed by atoms with E-state index < -0.39 is 0 Å². The van der Waals surface area contributed by atoms with Gasteiger partial charge in [-0.3, -0.25) is 4.79 Å². The van der Waals surface area contributed by atoms with Crippen LogP contribution >= 0.6 is 0 Å². The van der Waals surface area contributed by atoms with Gasteiger partial charge in [-0.1, -0.05) is 0 Å². The second kappa shape index (κ2) is 6.39. The normalized spacial score (nSPS) is 10.5. The Morgan fingerprint density at radius 3 is 2.52 bits per heavy atom. The molecule has 0 atom stereocenters. The van der Waals surface area contributed by atoms with E-state index in [9.17, 15) is 4.79 Å². The number of amides is 1. The number of nitrogens with zero attached hydrogens (tertiary/aromatic N) is 5. The molecule has 0 bridgehead atoms. The lowest BCUT2D eigenvalue weighted by molar-refractivity contribution is 0.0747. The van der Waals surface area contributed by atoms with Crippen molar-refractivity contribution in [2.24, 2.45) is 7.05 Å². The molecule has 0 aromatic carbocycles. The summed E-state index contributed by atoms with van der Waals surface area (Å²) in [6.45, 7) is 3.08. The first-order chi connectivity index (χ1) is 10.0. The fourth-order valence-corrected chi connectivity index (χ4v) is 2.01. The van der Waals surface area contributed by atoms with Gasteiger partial charge in [-0.2, -0.15) is 0 Å². The summed E-state index contributed by atoms with van der Waals surface area (Å²) in [4.78, 5) is 24.7. The summed E-state index contributed by atoms with van der Waals surface area (Å²) < 4.78 is 1.92. The summed E-state index contributed by atoms with van der Waals surface area (Å²) in [6.07, 6.45) is 5.24. The van der Waals surface area contributed by atoms with E-state index in [4.69, 9.17) is 0 Å². The maximum atomic E-state index is 12.5. The van der Waals surface area contributed by atoms with Crippen LogP contribution in [-0.2, 0) is 13.6 Å². The molecule has 2 heterocycles. The molecule has 0 aliphatic carbocycles. The van der Waals surface area contributed by atoms with Gasteiger partial charge < -0.3 is 14.4 Å². The Kier molecular flexibility index (Phi) is 4.57. The lowest BCUT2D eigenvalue weighted by atomic mass is 10.2. The summed E-state index contributed by atoms with van der Waals surface area (Å²) >= 11 is 0. The van der Waals surface area contributed by atoms with Gasteiger partial charge in [0.1, 0.15) is 11.6 Å². The van der Waals surface area contributed by atoms with E-state index in [1.54, 1.807) is 17.3 Å². The lowest BCUT2D eigenvalue weighted by Crippen LogP contribution is -2.31. The molecule has 6 nitrogen and oxygen atoms in total. The molecule has 0 aliphatic heterocycles. The fourth-order valence-electron chi connectivity index (χ4n) is 2.01. The van der Waals surface area contributed by atoms with E-state index in [1.165, 1.54) is 0 Å². The van der Waals surface area contributed by atoms with Gasteiger partial charge in [-0.15, -0.1) is 0 Å². The Bertz CT molecular complexity index is 603. The van der Waals surface area contributed by atoms with Gasteiger partial charge in [0.05, 0.1) is 12.1 Å². The first-order valence-electron chi connectivity index (χ1n) is 6.91. The number of aryl methyl sites for hydroxylation is 1. The number of hydrogen-bond acceptors (Lipinski definition) is 4. The van der Waals surface area contributed by atoms with Crippen LogP contribution in [0.3, 0.4) is 0 Å². The maximum Gasteiger partial charge on any atom is 0.255 e. The molecule has 0 saturated carbocycles. The molecule has 2 aromatic heterocycles. The van der Waals surface area contributed by atoms with Crippen LogP contribution in [0.2, 0.25) is 0 Å². The molecule has 0 unspecified atom stereocenters. The summed E-state index contributed by atoms with van der Waals surface area (Å²) in [5, 5.41) is 0. The monoisotopic (exact) mass is 287 g/mol. The Labute approximate surface area is 125 Å². The SMILES string of the molecule is CCN(Cc1nccn1C)C(=O)c1ccc(N(C)C)nc1. The van der Waals surface area contributed by atoms with Crippen molar-refractivity contribution >= 4 is 11.7 Å². The average molecular weight is 287 g/mol. The van der Waals surface area contributed by atoms with Crippen LogP contribution in [0, 0.1) is 0 Å². The summed E-state index contributed by atoms with van der Waals surface area (Å²) in [5.74, 6) is 1.67. The molecule has 0 saturated heterocycles. The lowest BCUT2D eigenvalue weighted by Gasteiger charge is -2.21. The molecule has 1 amide bonds. The highest BCUT2D eigenvalue weighted by Crippen LogP contribution is 2.11. The summed E-state index contributed by atoms with van der Waals surface area (Å²) in [7, 11) is 5.76. The first kappa shape index (κ1) is 15.0. The minimum absolute atomic E-state index is 0.0293. The van der Waals surface area contributed by atoms with Crippen LogP contribution < -0.4 is 4.90 Å². The highest BCUT2D eigenvalue weighted by atomic mass is 16.2. The third-order valence-corrected chi connectivity index (χ3v) is 3.38. The third kappa shape index (κ3) is 3.39. The van der Waals surface area contributed by atoms with Crippen molar-refractivity contribution < 1.29 is 4.79 Å². The zero-order valence-electron chi connectivity index (χ0n) is 12.9. The molecule has 6 heteroatoms. The van der Waals surface area contributed by atoms with E-state index in [1.807, 2.05) is 55.9 Å². The zero-order chi connectivity index (χ0) is 15.4. The van der Waals surface area contributed by atoms with Crippen LogP contribution in [0.25, 0.3) is 0 Å². The van der Waals surface area contributed by atoms with Gasteiger partial charge in [0.25, 0.3) is 5.91 Å². The van der Waals surface area contributed by atoms with Crippen molar-refractivity contribution in [3.8, 4) is 0 Å². The summed E-state index contributed by atoms with van der Waals surface area (Å²) in [5.41, 5.74) is 0.594. The molecule has 0 N–H and O–H groups in total. The molecular formula is C15H21N5O. The Morgan fingerprint density at radius 2 is 2.05 bits per heavy atom. The fraction of sp³-hybridized carbons (Fsp3) is 0.400. The standard InChI is InChI=1S/C15H21N5O/c1-5-20(11-14-16-8-9-19(14)4)15(21)12-6-7-13(17-10-12)18(2)3/h6-10H,5,11H2,1-4H3. The van der Waals surface area contributed by atoms with Gasteiger partial charge in [0, 0.05) is 46.3 Å². The van der Waals surface area contributed by atoms with E-state index in [-0.39, 0.29) is 5.91 Å². The molecule has 2 rings (SSSR count). The topological polar surface area (TPSA) is 54.3 Å². The van der Waals surface area contributed by atoms with Gasteiger partial charge in [0.2, 0.25) is 0 Å². The molecule has 2 aromatic rings. The van der Waals surface area contributed by atoms with Crippen LogP contribution in [0.1, 0.15) is 23.1 Å². The number of hydrogen-bond donors (Lipinski definition) is 0. The Hall–Kier alpha value is -2.37. The quantitative estimate of drug-likeness (QED) is 0.837. The second-order valence-electron chi connectivity index (χ2n) is 5.07. The predicted octanol–water partition coefficient (Wildman–Crippen LogP) is 1.54. The summed E-state index contributed by atoms with van der Waals surface area (Å²) in [6, 6.07) is 3.66. The number of rotatable bonds is 5. The van der Waals surface area contributed by atoms with Gasteiger partial charge in [-0.25, -0.2) is 9.97 Å². The van der Waals surface area contributed by atoms with E-state index in [0.717, 1.165) is 11.6 Å². The van der Waals surface area contributed by atoms with Crippen molar-refractivity contribution in [3.63, 3.8) is 0 Å². The Balaban J connectivity index is 2.14. The van der Waals surface area contributed by atoms with Crippen LogP contribution in [-0.4, -0.2) is 46.0 Å². The molecule has 0 aliphatic rings. The zero-order valence-corrected chi connectivity index (χ0v) is 12.9. The first-order valence-corrected chi connectivity index (χ1v) is 6.91. The van der Waals surface area contributed by atoms with Crippen molar-refractivity contribution in [2.75, 3.05) is 25.5 Å². The van der Waals surface area contributed by atoms with E-state index in [0.29, 0.717) is 18.7 Å². The smallest absolute Gasteiger partial charge is 0.255 e. The highest BCUT2D eigenvalue weighted by molar-refractivity contribution is 5.94. The second-order valence-corrected chi connectivity index (χ2v) is 5.07. The number of aromatic nitrogens is 3. The van der Waals surface area contributed by atoms with Crippen molar-refractivity contribution in [1.29, 1.82) is 0 Å². The average Bonchev–Trinajstić information content (AvgIpc) is 2.89. The number of carbonyl (C=O) groups excluding carboxylic acids is 1. The highest BCUT2D eigenvalue weighted by Gasteiger charge is 2.16. The number of anilines is 1. The largest absolute Gasteiger partial charge is 0.363 e. The maximum absolute atomic E-state index is 12.5.